The van der Waals surface area contributed by atoms with Crippen molar-refractivity contribution in [2.75, 3.05) is 6.61 Å². The Balaban J connectivity index is 1.47. The van der Waals surface area contributed by atoms with Crippen molar-refractivity contribution >= 4 is 6.09 Å². The van der Waals surface area contributed by atoms with Gasteiger partial charge in [-0.3, -0.25) is 4.90 Å². The van der Waals surface area contributed by atoms with E-state index in [1.54, 1.807) is 4.90 Å². The molecule has 0 aliphatic carbocycles. The van der Waals surface area contributed by atoms with Crippen molar-refractivity contribution < 1.29 is 14.3 Å². The van der Waals surface area contributed by atoms with Crippen LogP contribution in [-0.2, 0) is 9.47 Å². The largest absolute Gasteiger partial charge is 0.439 e. The van der Waals surface area contributed by atoms with Gasteiger partial charge in [-0.2, -0.15) is 0 Å². The van der Waals surface area contributed by atoms with Crippen LogP contribution in [0.3, 0.4) is 0 Å². The molecule has 0 saturated carbocycles. The van der Waals surface area contributed by atoms with Crippen LogP contribution >= 0.6 is 0 Å². The lowest BCUT2D eigenvalue weighted by atomic mass is 10.0. The summed E-state index contributed by atoms with van der Waals surface area (Å²) in [4.78, 5) is 13.7. The monoisotopic (exact) mass is 365 g/mol. The highest BCUT2D eigenvalue weighted by molar-refractivity contribution is 5.72. The van der Waals surface area contributed by atoms with Gasteiger partial charge in [-0.15, -0.1) is 0 Å². The molecular formula is C22H39NO3. The summed E-state index contributed by atoms with van der Waals surface area (Å²) in [5.74, 6) is 0. The zero-order chi connectivity index (χ0) is 18.8. The second-order valence-corrected chi connectivity index (χ2v) is 8.30. The number of amides is 1. The number of unbranched alkanes of at least 4 members (excludes halogenated alkanes) is 11. The molecule has 4 nitrogen and oxygen atoms in total. The smallest absolute Gasteiger partial charge is 0.413 e. The molecule has 0 unspecified atom stereocenters. The number of hydrogen-bond donors (Lipinski definition) is 0. The van der Waals surface area contributed by atoms with Gasteiger partial charge in [0.25, 0.3) is 0 Å². The van der Waals surface area contributed by atoms with E-state index >= 15 is 0 Å². The Kier molecular flexibility index (Phi) is 8.97. The molecule has 2 aliphatic rings. The molecule has 4 heteroatoms. The predicted molar refractivity (Wildman–Crippen MR) is 106 cm³/mol. The summed E-state index contributed by atoms with van der Waals surface area (Å²) in [6.07, 6.45) is 20.0. The average molecular weight is 366 g/mol. The van der Waals surface area contributed by atoms with Gasteiger partial charge in [0.2, 0.25) is 0 Å². The second kappa shape index (κ2) is 11.0. The van der Waals surface area contributed by atoms with Crippen LogP contribution < -0.4 is 0 Å². The van der Waals surface area contributed by atoms with Gasteiger partial charge in [-0.1, -0.05) is 77.2 Å². The van der Waals surface area contributed by atoms with Crippen LogP contribution in [-0.4, -0.2) is 35.5 Å². The predicted octanol–water partition coefficient (Wildman–Crippen LogP) is 6.20. The summed E-state index contributed by atoms with van der Waals surface area (Å²) in [5.41, 5.74) is -0.541. The molecule has 0 aromatic carbocycles. The van der Waals surface area contributed by atoms with Crippen molar-refractivity contribution in [3.05, 3.63) is 12.2 Å². The average Bonchev–Trinajstić information content (AvgIpc) is 3.10. The summed E-state index contributed by atoms with van der Waals surface area (Å²) >= 11 is 0. The maximum absolute atomic E-state index is 12.0. The number of rotatable bonds is 13. The van der Waals surface area contributed by atoms with Crippen molar-refractivity contribution in [2.24, 2.45) is 0 Å². The summed E-state index contributed by atoms with van der Waals surface area (Å²) in [6, 6.07) is 0.0334. The first kappa shape index (κ1) is 21.3. The lowest BCUT2D eigenvalue weighted by molar-refractivity contribution is -0.0381. The van der Waals surface area contributed by atoms with E-state index in [4.69, 9.17) is 9.47 Å². The Morgan fingerprint density at radius 1 is 1.00 bits per heavy atom. The second-order valence-electron chi connectivity index (χ2n) is 8.30. The van der Waals surface area contributed by atoms with Gasteiger partial charge < -0.3 is 9.47 Å². The Morgan fingerprint density at radius 3 is 2.19 bits per heavy atom. The number of nitrogens with zero attached hydrogens (tertiary/aromatic N) is 1. The number of carbonyl (C=O) groups excluding carboxylic acids is 1. The highest BCUT2D eigenvalue weighted by atomic mass is 16.6. The minimum atomic E-state index is -0.541. The highest BCUT2D eigenvalue weighted by Gasteiger charge is 2.53. The first-order chi connectivity index (χ1) is 12.6. The number of fused-ring (bicyclic) bond motifs is 1. The van der Waals surface area contributed by atoms with Crippen molar-refractivity contribution in [1.29, 1.82) is 0 Å². The molecule has 0 N–H and O–H groups in total. The minimum absolute atomic E-state index is 0.0334. The molecule has 0 aromatic heterocycles. The molecule has 26 heavy (non-hydrogen) atoms. The molecular weight excluding hydrogens is 326 g/mol. The third-order valence-corrected chi connectivity index (χ3v) is 5.63. The van der Waals surface area contributed by atoms with Gasteiger partial charge in [-0.25, -0.2) is 4.79 Å². The van der Waals surface area contributed by atoms with Crippen molar-refractivity contribution in [3.8, 4) is 0 Å². The lowest BCUT2D eigenvalue weighted by Gasteiger charge is -2.26. The summed E-state index contributed by atoms with van der Waals surface area (Å²) in [5, 5.41) is 0. The normalized spacial score (nSPS) is 24.4. The van der Waals surface area contributed by atoms with Crippen LogP contribution in [0.2, 0.25) is 0 Å². The van der Waals surface area contributed by atoms with E-state index < -0.39 is 5.72 Å². The lowest BCUT2D eigenvalue weighted by Crippen LogP contribution is -2.43. The molecule has 0 radical (unpaired) electrons. The molecule has 150 valence electrons. The molecule has 0 bridgehead atoms. The number of carbonyl (C=O) groups is 1. The number of hydrogen-bond acceptors (Lipinski definition) is 3. The van der Waals surface area contributed by atoms with Gasteiger partial charge in [0.05, 0.1) is 6.61 Å². The first-order valence-electron chi connectivity index (χ1n) is 10.9. The summed E-state index contributed by atoms with van der Waals surface area (Å²) < 4.78 is 11.2. The van der Waals surface area contributed by atoms with Crippen molar-refractivity contribution in [3.63, 3.8) is 0 Å². The Morgan fingerprint density at radius 2 is 1.58 bits per heavy atom. The van der Waals surface area contributed by atoms with E-state index in [2.05, 4.69) is 19.1 Å². The molecule has 0 aromatic rings. The standard InChI is InChI=1S/C22H39NO3/c1-4-5-6-7-8-9-10-11-12-13-14-15-16-17-20-19-18-25-22(2,3)23(19)21(24)26-20/h16-17,19-20H,4-15,18H2,1-3H3/b17-16+/t19-,20-/m0/s1. The van der Waals surface area contributed by atoms with E-state index in [-0.39, 0.29) is 18.2 Å². The van der Waals surface area contributed by atoms with E-state index in [0.29, 0.717) is 6.61 Å². The van der Waals surface area contributed by atoms with Gasteiger partial charge >= 0.3 is 6.09 Å². The SMILES string of the molecule is CCCCCCCCCCCCC/C=C/[C@@H]1OC(=O)N2[C@H]1COC2(C)C. The quantitative estimate of drug-likeness (QED) is 0.288. The molecule has 2 heterocycles. The fourth-order valence-electron chi connectivity index (χ4n) is 4.01. The van der Waals surface area contributed by atoms with E-state index in [1.165, 1.54) is 70.6 Å². The number of cyclic esters (lactones) is 1. The summed E-state index contributed by atoms with van der Waals surface area (Å²) in [7, 11) is 0. The van der Waals surface area contributed by atoms with E-state index in [9.17, 15) is 4.79 Å². The number of ether oxygens (including phenoxy) is 2. The topological polar surface area (TPSA) is 38.8 Å². The van der Waals surface area contributed by atoms with Gasteiger partial charge in [0, 0.05) is 0 Å². The summed E-state index contributed by atoms with van der Waals surface area (Å²) in [6.45, 7) is 6.68. The van der Waals surface area contributed by atoms with Crippen LogP contribution in [0.15, 0.2) is 12.2 Å². The molecule has 2 fully saturated rings. The van der Waals surface area contributed by atoms with Crippen LogP contribution in [0.25, 0.3) is 0 Å². The maximum Gasteiger partial charge on any atom is 0.413 e. The molecule has 2 rings (SSSR count). The van der Waals surface area contributed by atoms with E-state index in [1.807, 2.05) is 13.8 Å². The highest BCUT2D eigenvalue weighted by Crippen LogP contribution is 2.35. The van der Waals surface area contributed by atoms with Crippen LogP contribution in [0.5, 0.6) is 0 Å². The zero-order valence-electron chi connectivity index (χ0n) is 17.2. The third kappa shape index (κ3) is 6.29. The van der Waals surface area contributed by atoms with Gasteiger partial charge in [0.15, 0.2) is 0 Å². The van der Waals surface area contributed by atoms with E-state index in [0.717, 1.165) is 6.42 Å². The zero-order valence-corrected chi connectivity index (χ0v) is 17.2. The van der Waals surface area contributed by atoms with Gasteiger partial charge in [0.1, 0.15) is 17.9 Å². The van der Waals surface area contributed by atoms with Gasteiger partial charge in [-0.05, 0) is 32.8 Å². The van der Waals surface area contributed by atoms with Crippen LogP contribution in [0, 0.1) is 0 Å². The Hall–Kier alpha value is -1.03. The molecule has 2 atom stereocenters. The van der Waals surface area contributed by atoms with Crippen LogP contribution in [0.4, 0.5) is 4.79 Å². The molecule has 0 spiro atoms. The minimum Gasteiger partial charge on any atom is -0.439 e. The molecule has 2 saturated heterocycles. The first-order valence-corrected chi connectivity index (χ1v) is 10.9. The van der Waals surface area contributed by atoms with Crippen LogP contribution in [0.1, 0.15) is 97.8 Å². The van der Waals surface area contributed by atoms with Crippen molar-refractivity contribution in [1.82, 2.24) is 4.90 Å². The molecule has 1 amide bonds. The Bertz CT molecular complexity index is 447. The molecule has 2 aliphatic heterocycles. The fraction of sp³-hybridized carbons (Fsp3) is 0.864. The fourth-order valence-corrected chi connectivity index (χ4v) is 4.01. The third-order valence-electron chi connectivity index (χ3n) is 5.63. The maximum atomic E-state index is 12.0. The van der Waals surface area contributed by atoms with Crippen molar-refractivity contribution in [2.45, 2.75) is 116 Å². The number of allylic oxidation sites excluding steroid dienone is 1. The Labute approximate surface area is 160 Å².